The molecular weight excluding hydrogens is 220 g/mol. The first kappa shape index (κ1) is 13.5. The number of piperidine rings is 1. The summed E-state index contributed by atoms with van der Waals surface area (Å²) in [4.78, 5) is 24.6. The minimum absolute atomic E-state index is 0.111. The van der Waals surface area contributed by atoms with Crippen LogP contribution in [0.5, 0.6) is 0 Å². The second-order valence-corrected chi connectivity index (χ2v) is 4.86. The van der Waals surface area contributed by atoms with E-state index < -0.39 is 11.4 Å². The van der Waals surface area contributed by atoms with Crippen LogP contribution >= 0.6 is 0 Å². The van der Waals surface area contributed by atoms with Gasteiger partial charge >= 0.3 is 12.0 Å². The van der Waals surface area contributed by atoms with Crippen LogP contribution in [0.3, 0.4) is 0 Å². The van der Waals surface area contributed by atoms with E-state index in [2.05, 4.69) is 11.9 Å². The van der Waals surface area contributed by atoms with Crippen LogP contribution in [-0.2, 0) is 4.79 Å². The number of hydrogen-bond donors (Lipinski definition) is 2. The van der Waals surface area contributed by atoms with Crippen LogP contribution in [-0.4, -0.2) is 41.1 Å². The molecule has 0 aromatic rings. The van der Waals surface area contributed by atoms with E-state index >= 15 is 0 Å². The zero-order valence-corrected chi connectivity index (χ0v) is 10.4. The Balaban J connectivity index is 2.63. The number of amides is 2. The third-order valence-electron chi connectivity index (χ3n) is 3.20. The summed E-state index contributed by atoms with van der Waals surface area (Å²) >= 11 is 0. The van der Waals surface area contributed by atoms with Gasteiger partial charge < -0.3 is 15.3 Å². The zero-order chi connectivity index (χ0) is 13.1. The summed E-state index contributed by atoms with van der Waals surface area (Å²) in [5, 5.41) is 11.9. The van der Waals surface area contributed by atoms with Gasteiger partial charge in [0, 0.05) is 19.1 Å². The second-order valence-electron chi connectivity index (χ2n) is 4.86. The lowest BCUT2D eigenvalue weighted by Gasteiger charge is -2.37. The van der Waals surface area contributed by atoms with Crippen molar-refractivity contribution in [3.05, 3.63) is 12.7 Å². The molecule has 0 aromatic carbocycles. The Morgan fingerprint density at radius 3 is 2.76 bits per heavy atom. The van der Waals surface area contributed by atoms with Crippen molar-refractivity contribution in [3.8, 4) is 0 Å². The van der Waals surface area contributed by atoms with Crippen molar-refractivity contribution in [3.63, 3.8) is 0 Å². The monoisotopic (exact) mass is 240 g/mol. The van der Waals surface area contributed by atoms with Crippen molar-refractivity contribution < 1.29 is 14.7 Å². The average molecular weight is 240 g/mol. The van der Waals surface area contributed by atoms with Gasteiger partial charge in [0.05, 0.1) is 5.41 Å². The maximum Gasteiger partial charge on any atom is 0.317 e. The first-order valence-electron chi connectivity index (χ1n) is 5.80. The Labute approximate surface area is 101 Å². The summed E-state index contributed by atoms with van der Waals surface area (Å²) in [7, 11) is 0. The maximum atomic E-state index is 11.9. The van der Waals surface area contributed by atoms with Gasteiger partial charge in [-0.2, -0.15) is 0 Å². The fraction of sp³-hybridized carbons (Fsp3) is 0.667. The van der Waals surface area contributed by atoms with Crippen molar-refractivity contribution in [2.45, 2.75) is 32.7 Å². The lowest BCUT2D eigenvalue weighted by molar-refractivity contribution is -0.150. The molecule has 0 saturated carbocycles. The van der Waals surface area contributed by atoms with Gasteiger partial charge in [0.25, 0.3) is 0 Å². The number of nitrogens with one attached hydrogen (secondary N) is 1. The van der Waals surface area contributed by atoms with Crippen molar-refractivity contribution in [1.29, 1.82) is 0 Å². The summed E-state index contributed by atoms with van der Waals surface area (Å²) in [6, 6.07) is -0.329. The van der Waals surface area contributed by atoms with Crippen molar-refractivity contribution >= 4 is 12.0 Å². The van der Waals surface area contributed by atoms with E-state index in [9.17, 15) is 9.59 Å². The van der Waals surface area contributed by atoms with Crippen molar-refractivity contribution in [1.82, 2.24) is 10.2 Å². The highest BCUT2D eigenvalue weighted by Gasteiger charge is 2.39. The fourth-order valence-corrected chi connectivity index (χ4v) is 1.93. The normalized spacial score (nSPS) is 26.1. The minimum Gasteiger partial charge on any atom is -0.481 e. The Kier molecular flexibility index (Phi) is 4.15. The minimum atomic E-state index is -0.841. The fourth-order valence-electron chi connectivity index (χ4n) is 1.93. The van der Waals surface area contributed by atoms with E-state index in [0.717, 1.165) is 6.42 Å². The molecule has 2 unspecified atom stereocenters. The van der Waals surface area contributed by atoms with Gasteiger partial charge in [-0.15, -0.1) is 6.58 Å². The quantitative estimate of drug-likeness (QED) is 0.734. The van der Waals surface area contributed by atoms with Crippen LogP contribution in [0.15, 0.2) is 12.7 Å². The lowest BCUT2D eigenvalue weighted by atomic mass is 9.82. The molecule has 1 rings (SSSR count). The number of rotatable bonds is 3. The molecule has 2 N–H and O–H groups in total. The predicted octanol–water partition coefficient (Wildman–Crippen LogP) is 1.46. The van der Waals surface area contributed by atoms with Crippen molar-refractivity contribution in [2.24, 2.45) is 5.41 Å². The molecule has 5 nitrogen and oxygen atoms in total. The molecular formula is C12H20N2O3. The topological polar surface area (TPSA) is 69.6 Å². The number of carbonyl (C=O) groups is 2. The van der Waals surface area contributed by atoms with Gasteiger partial charge in [-0.05, 0) is 26.7 Å². The Morgan fingerprint density at radius 2 is 2.24 bits per heavy atom. The van der Waals surface area contributed by atoms with E-state index in [0.29, 0.717) is 13.0 Å². The first-order valence-corrected chi connectivity index (χ1v) is 5.80. The Morgan fingerprint density at radius 1 is 1.59 bits per heavy atom. The molecule has 2 atom stereocenters. The van der Waals surface area contributed by atoms with Gasteiger partial charge in [-0.25, -0.2) is 4.79 Å². The summed E-state index contributed by atoms with van der Waals surface area (Å²) in [5.74, 6) is -0.841. The third-order valence-corrected chi connectivity index (χ3v) is 3.20. The van der Waals surface area contributed by atoms with E-state index in [1.165, 1.54) is 0 Å². The molecule has 0 bridgehead atoms. The third kappa shape index (κ3) is 3.22. The van der Waals surface area contributed by atoms with E-state index in [-0.39, 0.29) is 18.6 Å². The number of carboxylic acid groups (broad SMARTS) is 1. The van der Waals surface area contributed by atoms with Crippen LogP contribution in [0.2, 0.25) is 0 Å². The number of hydrogen-bond acceptors (Lipinski definition) is 2. The van der Waals surface area contributed by atoms with Gasteiger partial charge in [-0.1, -0.05) is 6.08 Å². The van der Waals surface area contributed by atoms with E-state index in [4.69, 9.17) is 5.11 Å². The summed E-state index contributed by atoms with van der Waals surface area (Å²) in [6.07, 6.45) is 2.97. The molecule has 1 fully saturated rings. The summed E-state index contributed by atoms with van der Waals surface area (Å²) in [6.45, 7) is 7.97. The number of urea groups is 1. The van der Waals surface area contributed by atoms with Crippen molar-refractivity contribution in [2.75, 3.05) is 13.1 Å². The highest BCUT2D eigenvalue weighted by atomic mass is 16.4. The van der Waals surface area contributed by atoms with E-state index in [1.807, 2.05) is 6.92 Å². The Bertz CT molecular complexity index is 330. The summed E-state index contributed by atoms with van der Waals surface area (Å²) < 4.78 is 0. The molecule has 2 amide bonds. The highest BCUT2D eigenvalue weighted by Crippen LogP contribution is 2.29. The molecule has 1 heterocycles. The molecule has 0 aromatic heterocycles. The standard InChI is InChI=1S/C12H20N2O3/c1-4-9(2)13-11(17)14-7-5-6-12(3,8-14)10(15)16/h4,9H,1,5-8H2,2-3H3,(H,13,17)(H,15,16). The predicted molar refractivity (Wildman–Crippen MR) is 64.7 cm³/mol. The zero-order valence-electron chi connectivity index (χ0n) is 10.4. The highest BCUT2D eigenvalue weighted by molar-refractivity contribution is 5.78. The molecule has 5 heteroatoms. The van der Waals surface area contributed by atoms with Crippen LogP contribution in [0.1, 0.15) is 26.7 Å². The van der Waals surface area contributed by atoms with Crippen LogP contribution in [0.25, 0.3) is 0 Å². The molecule has 1 aliphatic heterocycles. The van der Waals surface area contributed by atoms with Gasteiger partial charge in [0.2, 0.25) is 0 Å². The van der Waals surface area contributed by atoms with Crippen LogP contribution < -0.4 is 5.32 Å². The molecule has 1 saturated heterocycles. The number of likely N-dealkylation sites (tertiary alicyclic amines) is 1. The molecule has 96 valence electrons. The SMILES string of the molecule is C=CC(C)NC(=O)N1CCCC(C)(C(=O)O)C1. The largest absolute Gasteiger partial charge is 0.481 e. The van der Waals surface area contributed by atoms with Gasteiger partial charge in [-0.3, -0.25) is 4.79 Å². The van der Waals surface area contributed by atoms with Gasteiger partial charge in [0.1, 0.15) is 0 Å². The van der Waals surface area contributed by atoms with Crippen LogP contribution in [0, 0.1) is 5.41 Å². The maximum absolute atomic E-state index is 11.9. The van der Waals surface area contributed by atoms with E-state index in [1.54, 1.807) is 17.9 Å². The summed E-state index contributed by atoms with van der Waals surface area (Å²) in [5.41, 5.74) is -0.826. The average Bonchev–Trinajstić information content (AvgIpc) is 2.28. The smallest absolute Gasteiger partial charge is 0.317 e. The molecule has 1 aliphatic rings. The Hall–Kier alpha value is -1.52. The second kappa shape index (κ2) is 5.21. The number of nitrogens with zero attached hydrogens (tertiary/aromatic N) is 1. The van der Waals surface area contributed by atoms with Gasteiger partial charge in [0.15, 0.2) is 0 Å². The lowest BCUT2D eigenvalue weighted by Crippen LogP contribution is -2.52. The molecule has 0 radical (unpaired) electrons. The molecule has 0 spiro atoms. The van der Waals surface area contributed by atoms with Crippen LogP contribution in [0.4, 0.5) is 4.79 Å². The molecule has 17 heavy (non-hydrogen) atoms. The number of carboxylic acids is 1. The first-order chi connectivity index (χ1) is 7.89. The number of aliphatic carboxylic acids is 1. The molecule has 0 aliphatic carbocycles. The number of carbonyl (C=O) groups excluding carboxylic acids is 1.